The Hall–Kier alpha value is -0.140. The van der Waals surface area contributed by atoms with Gasteiger partial charge in [0.05, 0.1) is 5.56 Å². The molecule has 0 aromatic heterocycles. The van der Waals surface area contributed by atoms with Crippen molar-refractivity contribution in [1.29, 1.82) is 0 Å². The predicted octanol–water partition coefficient (Wildman–Crippen LogP) is 3.52. The molecular formula is C14H20BrIN2O. The van der Waals surface area contributed by atoms with E-state index in [9.17, 15) is 4.79 Å². The second kappa shape index (κ2) is 8.92. The summed E-state index contributed by atoms with van der Waals surface area (Å²) in [6.07, 6.45) is 0.981. The topological polar surface area (TPSA) is 32.3 Å². The molecule has 0 spiro atoms. The molecule has 0 saturated carbocycles. The van der Waals surface area contributed by atoms with Gasteiger partial charge in [-0.3, -0.25) is 4.79 Å². The Morgan fingerprint density at radius 1 is 1.37 bits per heavy atom. The lowest BCUT2D eigenvalue weighted by Gasteiger charge is -2.17. The van der Waals surface area contributed by atoms with Crippen LogP contribution in [0.2, 0.25) is 0 Å². The summed E-state index contributed by atoms with van der Waals surface area (Å²) in [7, 11) is 0. The van der Waals surface area contributed by atoms with Gasteiger partial charge in [0.15, 0.2) is 0 Å². The number of carbonyl (C=O) groups is 1. The maximum Gasteiger partial charge on any atom is 0.252 e. The van der Waals surface area contributed by atoms with E-state index < -0.39 is 0 Å². The lowest BCUT2D eigenvalue weighted by atomic mass is 10.2. The number of nitrogens with zero attached hydrogens (tertiary/aromatic N) is 1. The number of carbonyl (C=O) groups excluding carboxylic acids is 1. The predicted molar refractivity (Wildman–Crippen MR) is 91.6 cm³/mol. The fourth-order valence-corrected chi connectivity index (χ4v) is 2.73. The zero-order valence-corrected chi connectivity index (χ0v) is 15.1. The third-order valence-corrected chi connectivity index (χ3v) is 4.37. The summed E-state index contributed by atoms with van der Waals surface area (Å²) < 4.78 is 1.91. The quantitative estimate of drug-likeness (QED) is 0.521. The second-order valence-corrected chi connectivity index (χ2v) is 6.36. The summed E-state index contributed by atoms with van der Waals surface area (Å²) in [5.74, 6) is -0.00932. The Labute approximate surface area is 137 Å². The molecule has 19 heavy (non-hydrogen) atoms. The number of halogens is 2. The van der Waals surface area contributed by atoms with E-state index in [1.807, 2.05) is 18.2 Å². The first-order valence-electron chi connectivity index (χ1n) is 6.54. The Bertz CT molecular complexity index is 422. The van der Waals surface area contributed by atoms with E-state index in [0.29, 0.717) is 12.1 Å². The third-order valence-electron chi connectivity index (χ3n) is 3.00. The van der Waals surface area contributed by atoms with Crippen LogP contribution in [0, 0.1) is 3.57 Å². The van der Waals surface area contributed by atoms with Crippen molar-refractivity contribution in [2.24, 2.45) is 0 Å². The first-order chi connectivity index (χ1) is 9.08. The Kier molecular flexibility index (Phi) is 7.94. The van der Waals surface area contributed by atoms with Gasteiger partial charge in [-0.1, -0.05) is 13.8 Å². The molecule has 0 aliphatic carbocycles. The van der Waals surface area contributed by atoms with Gasteiger partial charge in [-0.15, -0.1) is 0 Å². The van der Waals surface area contributed by atoms with Gasteiger partial charge in [-0.05, 0) is 82.8 Å². The number of nitrogens with one attached hydrogen (secondary N) is 1. The van der Waals surface area contributed by atoms with E-state index in [2.05, 4.69) is 62.6 Å². The van der Waals surface area contributed by atoms with Gasteiger partial charge in [-0.2, -0.15) is 0 Å². The highest BCUT2D eigenvalue weighted by molar-refractivity contribution is 14.1. The molecular weight excluding hydrogens is 419 g/mol. The van der Waals surface area contributed by atoms with E-state index in [1.54, 1.807) is 0 Å². The minimum atomic E-state index is -0.00932. The zero-order chi connectivity index (χ0) is 14.3. The molecule has 0 radical (unpaired) electrons. The van der Waals surface area contributed by atoms with Crippen molar-refractivity contribution in [2.75, 3.05) is 26.2 Å². The van der Waals surface area contributed by atoms with E-state index in [0.717, 1.165) is 34.1 Å². The summed E-state index contributed by atoms with van der Waals surface area (Å²) in [5.41, 5.74) is 0.703. The van der Waals surface area contributed by atoms with Gasteiger partial charge < -0.3 is 10.2 Å². The summed E-state index contributed by atoms with van der Waals surface area (Å²) in [5, 5.41) is 2.97. The van der Waals surface area contributed by atoms with Gasteiger partial charge in [-0.25, -0.2) is 0 Å². The molecule has 0 heterocycles. The SMILES string of the molecule is CCN(CC)CCCNC(=O)c1cc(I)ccc1Br. The average molecular weight is 439 g/mol. The van der Waals surface area contributed by atoms with Crippen LogP contribution in [0.3, 0.4) is 0 Å². The maximum absolute atomic E-state index is 12.0. The fourth-order valence-electron chi connectivity index (χ4n) is 1.81. The molecule has 5 heteroatoms. The molecule has 3 nitrogen and oxygen atoms in total. The molecule has 0 bridgehead atoms. The van der Waals surface area contributed by atoms with Crippen molar-refractivity contribution in [3.05, 3.63) is 31.8 Å². The Balaban J connectivity index is 2.41. The molecule has 0 unspecified atom stereocenters. The van der Waals surface area contributed by atoms with E-state index in [1.165, 1.54) is 0 Å². The minimum absolute atomic E-state index is 0.00932. The molecule has 106 valence electrons. The summed E-state index contributed by atoms with van der Waals surface area (Å²) >= 11 is 5.62. The molecule has 1 aromatic carbocycles. The number of hydrogen-bond acceptors (Lipinski definition) is 2. The van der Waals surface area contributed by atoms with Crippen molar-refractivity contribution in [3.8, 4) is 0 Å². The molecule has 0 fully saturated rings. The Morgan fingerprint density at radius 3 is 2.68 bits per heavy atom. The highest BCUT2D eigenvalue weighted by Crippen LogP contribution is 2.19. The van der Waals surface area contributed by atoms with E-state index in [-0.39, 0.29) is 5.91 Å². The normalized spacial score (nSPS) is 10.8. The van der Waals surface area contributed by atoms with Crippen LogP contribution in [-0.2, 0) is 0 Å². The van der Waals surface area contributed by atoms with Crippen LogP contribution in [0.15, 0.2) is 22.7 Å². The molecule has 1 N–H and O–H groups in total. The van der Waals surface area contributed by atoms with Crippen molar-refractivity contribution in [2.45, 2.75) is 20.3 Å². The number of rotatable bonds is 7. The van der Waals surface area contributed by atoms with Crippen LogP contribution < -0.4 is 5.32 Å². The van der Waals surface area contributed by atoms with Gasteiger partial charge in [0.2, 0.25) is 0 Å². The third kappa shape index (κ3) is 5.79. The van der Waals surface area contributed by atoms with Crippen LogP contribution in [0.25, 0.3) is 0 Å². The molecule has 0 atom stereocenters. The van der Waals surface area contributed by atoms with Gasteiger partial charge in [0.25, 0.3) is 5.91 Å². The van der Waals surface area contributed by atoms with Gasteiger partial charge >= 0.3 is 0 Å². The van der Waals surface area contributed by atoms with Crippen LogP contribution in [-0.4, -0.2) is 37.0 Å². The lowest BCUT2D eigenvalue weighted by molar-refractivity contribution is 0.0951. The first-order valence-corrected chi connectivity index (χ1v) is 8.41. The van der Waals surface area contributed by atoms with E-state index >= 15 is 0 Å². The number of hydrogen-bond donors (Lipinski definition) is 1. The van der Waals surface area contributed by atoms with Crippen molar-refractivity contribution >= 4 is 44.4 Å². The molecule has 0 saturated heterocycles. The molecule has 1 aromatic rings. The largest absolute Gasteiger partial charge is 0.352 e. The lowest BCUT2D eigenvalue weighted by Crippen LogP contribution is -2.30. The molecule has 1 rings (SSSR count). The summed E-state index contributed by atoms with van der Waals surface area (Å²) in [6.45, 7) is 8.18. The summed E-state index contributed by atoms with van der Waals surface area (Å²) in [4.78, 5) is 14.4. The summed E-state index contributed by atoms with van der Waals surface area (Å²) in [6, 6.07) is 5.78. The highest BCUT2D eigenvalue weighted by atomic mass is 127. The molecule has 1 amide bonds. The van der Waals surface area contributed by atoms with Crippen molar-refractivity contribution in [3.63, 3.8) is 0 Å². The standard InChI is InChI=1S/C14H20BrIN2O/c1-3-18(4-2)9-5-8-17-14(19)12-10-11(16)6-7-13(12)15/h6-7,10H,3-5,8-9H2,1-2H3,(H,17,19). The second-order valence-electron chi connectivity index (χ2n) is 4.26. The molecule has 0 aliphatic heterocycles. The minimum Gasteiger partial charge on any atom is -0.352 e. The first kappa shape index (κ1) is 16.9. The smallest absolute Gasteiger partial charge is 0.252 e. The fraction of sp³-hybridized carbons (Fsp3) is 0.500. The number of benzene rings is 1. The average Bonchev–Trinajstić information content (AvgIpc) is 2.41. The van der Waals surface area contributed by atoms with Crippen LogP contribution in [0.5, 0.6) is 0 Å². The molecule has 0 aliphatic rings. The van der Waals surface area contributed by atoms with Gasteiger partial charge in [0, 0.05) is 14.6 Å². The van der Waals surface area contributed by atoms with E-state index in [4.69, 9.17) is 0 Å². The van der Waals surface area contributed by atoms with Crippen LogP contribution in [0.4, 0.5) is 0 Å². The van der Waals surface area contributed by atoms with Crippen molar-refractivity contribution < 1.29 is 4.79 Å². The maximum atomic E-state index is 12.0. The monoisotopic (exact) mass is 438 g/mol. The Morgan fingerprint density at radius 2 is 2.05 bits per heavy atom. The highest BCUT2D eigenvalue weighted by Gasteiger charge is 2.09. The van der Waals surface area contributed by atoms with Gasteiger partial charge in [0.1, 0.15) is 0 Å². The van der Waals surface area contributed by atoms with Crippen LogP contribution >= 0.6 is 38.5 Å². The van der Waals surface area contributed by atoms with Crippen LogP contribution in [0.1, 0.15) is 30.6 Å². The van der Waals surface area contributed by atoms with Crippen molar-refractivity contribution in [1.82, 2.24) is 10.2 Å². The zero-order valence-electron chi connectivity index (χ0n) is 11.4. The number of amides is 1.